The highest BCUT2D eigenvalue weighted by molar-refractivity contribution is 7.89. The van der Waals surface area contributed by atoms with Crippen molar-refractivity contribution in [2.75, 3.05) is 26.2 Å². The number of benzene rings is 2. The third-order valence-corrected chi connectivity index (χ3v) is 9.35. The maximum atomic E-state index is 13.2. The molecule has 0 atom stereocenters. The van der Waals surface area contributed by atoms with Crippen LogP contribution in [0.15, 0.2) is 65.8 Å². The van der Waals surface area contributed by atoms with Crippen LogP contribution in [0.3, 0.4) is 0 Å². The molecule has 35 heavy (non-hydrogen) atoms. The minimum absolute atomic E-state index is 0. The van der Waals surface area contributed by atoms with Crippen LogP contribution in [0.1, 0.15) is 37.2 Å². The number of aromatic nitrogens is 1. The fourth-order valence-corrected chi connectivity index (χ4v) is 6.86. The predicted octanol–water partition coefficient (Wildman–Crippen LogP) is 5.12. The van der Waals surface area contributed by atoms with E-state index >= 15 is 0 Å². The van der Waals surface area contributed by atoms with Gasteiger partial charge in [0.25, 0.3) is 0 Å². The number of hydrogen-bond acceptors (Lipinski definition) is 4. The number of carbonyl (C=O) groups excluding carboxylic acids is 1. The first-order valence-corrected chi connectivity index (χ1v) is 13.6. The zero-order valence-electron chi connectivity index (χ0n) is 19.3. The fraction of sp³-hybridized carbons (Fsp3) is 0.385. The molecule has 2 aliphatic rings. The lowest BCUT2D eigenvalue weighted by Gasteiger charge is -2.37. The summed E-state index contributed by atoms with van der Waals surface area (Å²) in [5.74, 6) is 0.702. The van der Waals surface area contributed by atoms with Gasteiger partial charge in [-0.3, -0.25) is 9.78 Å². The Morgan fingerprint density at radius 3 is 2.17 bits per heavy atom. The van der Waals surface area contributed by atoms with Gasteiger partial charge >= 0.3 is 0 Å². The number of rotatable bonds is 4. The molecule has 0 spiro atoms. The first-order valence-electron chi connectivity index (χ1n) is 11.8. The number of piperazine rings is 1. The quantitative estimate of drug-likeness (QED) is 0.466. The van der Waals surface area contributed by atoms with Crippen molar-refractivity contribution in [3.8, 4) is 0 Å². The van der Waals surface area contributed by atoms with E-state index in [2.05, 4.69) is 17.1 Å². The van der Waals surface area contributed by atoms with Crippen LogP contribution in [-0.2, 0) is 14.8 Å². The van der Waals surface area contributed by atoms with Crippen molar-refractivity contribution in [2.24, 2.45) is 5.92 Å². The van der Waals surface area contributed by atoms with Crippen LogP contribution in [0.4, 0.5) is 0 Å². The highest BCUT2D eigenvalue weighted by atomic mass is 35.5. The molecule has 186 valence electrons. The summed E-state index contributed by atoms with van der Waals surface area (Å²) in [5.41, 5.74) is 1.30. The SMILES string of the molecule is Cl.O=C([C@H]1CC[C@H](c2ccncc2)CC1)N1CCN(S(=O)(=O)c2ccc3cc(Cl)ccc3c2)CC1. The van der Waals surface area contributed by atoms with Gasteiger partial charge < -0.3 is 4.90 Å². The van der Waals surface area contributed by atoms with Gasteiger partial charge in [-0.2, -0.15) is 4.31 Å². The van der Waals surface area contributed by atoms with Crippen LogP contribution in [-0.4, -0.2) is 54.7 Å². The molecule has 3 aromatic rings. The molecular weight excluding hydrogens is 505 g/mol. The van der Waals surface area contributed by atoms with Crippen molar-refractivity contribution in [1.29, 1.82) is 0 Å². The van der Waals surface area contributed by atoms with Gasteiger partial charge in [0, 0.05) is 49.5 Å². The van der Waals surface area contributed by atoms with E-state index in [4.69, 9.17) is 11.6 Å². The van der Waals surface area contributed by atoms with Crippen molar-refractivity contribution in [2.45, 2.75) is 36.5 Å². The summed E-state index contributed by atoms with van der Waals surface area (Å²) in [6.07, 6.45) is 7.42. The van der Waals surface area contributed by atoms with E-state index in [1.165, 1.54) is 9.87 Å². The lowest BCUT2D eigenvalue weighted by atomic mass is 9.78. The second kappa shape index (κ2) is 10.8. The van der Waals surface area contributed by atoms with Gasteiger partial charge in [-0.1, -0.05) is 23.7 Å². The average molecular weight is 535 g/mol. The Hall–Kier alpha value is -2.19. The van der Waals surface area contributed by atoms with Crippen molar-refractivity contribution < 1.29 is 13.2 Å². The van der Waals surface area contributed by atoms with Gasteiger partial charge in [0.1, 0.15) is 0 Å². The molecule has 1 amide bonds. The number of amides is 1. The summed E-state index contributed by atoms with van der Waals surface area (Å²) < 4.78 is 28.0. The summed E-state index contributed by atoms with van der Waals surface area (Å²) in [4.78, 5) is 19.4. The van der Waals surface area contributed by atoms with Gasteiger partial charge in [-0.15, -0.1) is 12.4 Å². The summed E-state index contributed by atoms with van der Waals surface area (Å²) >= 11 is 6.04. The van der Waals surface area contributed by atoms with E-state index < -0.39 is 10.0 Å². The van der Waals surface area contributed by atoms with Crippen LogP contribution in [0.25, 0.3) is 10.8 Å². The Kier molecular flexibility index (Phi) is 8.01. The number of nitrogens with zero attached hydrogens (tertiary/aromatic N) is 3. The second-order valence-electron chi connectivity index (χ2n) is 9.21. The van der Waals surface area contributed by atoms with Gasteiger partial charge in [-0.05, 0) is 84.3 Å². The average Bonchev–Trinajstić information content (AvgIpc) is 2.88. The maximum absolute atomic E-state index is 13.2. The Morgan fingerprint density at radius 1 is 0.857 bits per heavy atom. The number of hydrogen-bond donors (Lipinski definition) is 0. The van der Waals surface area contributed by atoms with Crippen LogP contribution in [0, 0.1) is 5.92 Å². The normalized spacial score (nSPS) is 21.5. The highest BCUT2D eigenvalue weighted by Crippen LogP contribution is 2.36. The van der Waals surface area contributed by atoms with Crippen LogP contribution < -0.4 is 0 Å². The van der Waals surface area contributed by atoms with Crippen LogP contribution in [0.2, 0.25) is 5.02 Å². The fourth-order valence-electron chi connectivity index (χ4n) is 5.22. The molecule has 9 heteroatoms. The molecule has 2 fully saturated rings. The standard InChI is InChI=1S/C26H28ClN3O3S.ClH/c27-24-7-5-23-18-25(8-6-22(23)17-24)34(32,33)30-15-13-29(14-16-30)26(31)21-3-1-19(2-4-21)20-9-11-28-12-10-20;/h5-12,17-19,21H,1-4,13-16H2;1H/t19-,21-;. The van der Waals surface area contributed by atoms with Gasteiger partial charge in [0.15, 0.2) is 0 Å². The largest absolute Gasteiger partial charge is 0.340 e. The monoisotopic (exact) mass is 533 g/mol. The number of pyridine rings is 1. The molecule has 0 unspecified atom stereocenters. The molecule has 1 aromatic heterocycles. The number of halogens is 2. The predicted molar refractivity (Wildman–Crippen MR) is 140 cm³/mol. The molecule has 6 nitrogen and oxygen atoms in total. The van der Waals surface area contributed by atoms with E-state index in [0.717, 1.165) is 36.5 Å². The molecule has 5 rings (SSSR count). The summed E-state index contributed by atoms with van der Waals surface area (Å²) in [6.45, 7) is 1.51. The summed E-state index contributed by atoms with van der Waals surface area (Å²) in [5, 5.41) is 2.36. The molecule has 1 saturated heterocycles. The van der Waals surface area contributed by atoms with Gasteiger partial charge in [0.2, 0.25) is 15.9 Å². The van der Waals surface area contributed by atoms with E-state index in [-0.39, 0.29) is 29.1 Å². The maximum Gasteiger partial charge on any atom is 0.243 e. The molecule has 0 N–H and O–H groups in total. The summed E-state index contributed by atoms with van der Waals surface area (Å²) in [6, 6.07) is 14.7. The molecule has 2 heterocycles. The smallest absolute Gasteiger partial charge is 0.243 e. The van der Waals surface area contributed by atoms with E-state index in [1.54, 1.807) is 24.3 Å². The van der Waals surface area contributed by atoms with E-state index in [0.29, 0.717) is 37.1 Å². The number of carbonyl (C=O) groups is 1. The topological polar surface area (TPSA) is 70.6 Å². The minimum atomic E-state index is -3.62. The number of fused-ring (bicyclic) bond motifs is 1. The zero-order chi connectivity index (χ0) is 23.7. The van der Waals surface area contributed by atoms with E-state index in [1.807, 2.05) is 29.4 Å². The van der Waals surface area contributed by atoms with Crippen molar-refractivity contribution >= 4 is 50.7 Å². The third-order valence-electron chi connectivity index (χ3n) is 7.22. The van der Waals surface area contributed by atoms with Crippen LogP contribution >= 0.6 is 24.0 Å². The highest BCUT2D eigenvalue weighted by Gasteiger charge is 2.34. The minimum Gasteiger partial charge on any atom is -0.340 e. The lowest BCUT2D eigenvalue weighted by Crippen LogP contribution is -2.52. The Morgan fingerprint density at radius 2 is 1.49 bits per heavy atom. The molecule has 1 saturated carbocycles. The lowest BCUT2D eigenvalue weighted by molar-refractivity contribution is -0.137. The molecule has 1 aliphatic carbocycles. The molecule has 0 radical (unpaired) electrons. The van der Waals surface area contributed by atoms with Crippen molar-refractivity contribution in [3.05, 3.63) is 71.5 Å². The molecule has 0 bridgehead atoms. The molecular formula is C26H29Cl2N3O3S. The summed E-state index contributed by atoms with van der Waals surface area (Å²) in [7, 11) is -3.62. The Labute approximate surface area is 217 Å². The van der Waals surface area contributed by atoms with Crippen molar-refractivity contribution in [1.82, 2.24) is 14.2 Å². The molecule has 2 aromatic carbocycles. The second-order valence-corrected chi connectivity index (χ2v) is 11.6. The van der Waals surface area contributed by atoms with Crippen LogP contribution in [0.5, 0.6) is 0 Å². The molecule has 1 aliphatic heterocycles. The zero-order valence-corrected chi connectivity index (χ0v) is 21.7. The first-order chi connectivity index (χ1) is 16.4. The first kappa shape index (κ1) is 25.9. The van der Waals surface area contributed by atoms with Gasteiger partial charge in [-0.25, -0.2) is 8.42 Å². The van der Waals surface area contributed by atoms with Crippen molar-refractivity contribution in [3.63, 3.8) is 0 Å². The Bertz CT molecular complexity index is 1290. The Balaban J connectivity index is 0.00000289. The van der Waals surface area contributed by atoms with E-state index in [9.17, 15) is 13.2 Å². The van der Waals surface area contributed by atoms with Gasteiger partial charge in [0.05, 0.1) is 4.90 Å². The number of sulfonamides is 1. The third kappa shape index (κ3) is 5.48.